The Kier molecular flexibility index (Phi) is 4.79. The van der Waals surface area contributed by atoms with Crippen LogP contribution in [0.3, 0.4) is 0 Å². The fourth-order valence-corrected chi connectivity index (χ4v) is 2.43. The van der Waals surface area contributed by atoms with Gasteiger partial charge in [-0.3, -0.25) is 0 Å². The van der Waals surface area contributed by atoms with Crippen LogP contribution in [-0.2, 0) is 0 Å². The maximum Gasteiger partial charge on any atom is 0.168 e. The third-order valence-electron chi connectivity index (χ3n) is 2.54. The lowest BCUT2D eigenvalue weighted by Crippen LogP contribution is -2.18. The Labute approximate surface area is 129 Å². The third-order valence-corrected chi connectivity index (χ3v) is 4.03. The predicted molar refractivity (Wildman–Crippen MR) is 80.0 cm³/mol. The van der Waals surface area contributed by atoms with E-state index in [1.807, 2.05) is 19.1 Å². The maximum atomic E-state index is 6.11. The van der Waals surface area contributed by atoms with E-state index in [-0.39, 0.29) is 6.54 Å². The molecule has 2 aromatic rings. The Hall–Kier alpha value is -0.680. The highest BCUT2D eigenvalue weighted by atomic mass is 79.9. The molecule has 1 aromatic heterocycles. The molecule has 0 saturated heterocycles. The maximum absolute atomic E-state index is 6.11. The highest BCUT2D eigenvalue weighted by Crippen LogP contribution is 2.36. The van der Waals surface area contributed by atoms with Gasteiger partial charge in [-0.15, -0.1) is 0 Å². The number of rotatable bonds is 4. The quantitative estimate of drug-likeness (QED) is 0.797. The molecule has 0 aliphatic heterocycles. The minimum atomic E-state index is -0.400. The van der Waals surface area contributed by atoms with E-state index in [0.29, 0.717) is 26.0 Å². The van der Waals surface area contributed by atoms with E-state index in [2.05, 4.69) is 15.9 Å². The van der Waals surface area contributed by atoms with Crippen molar-refractivity contribution < 1.29 is 9.15 Å². The largest absolute Gasteiger partial charge is 0.480 e. The van der Waals surface area contributed by atoms with Crippen LogP contribution in [0.5, 0.6) is 5.75 Å². The van der Waals surface area contributed by atoms with E-state index in [1.165, 1.54) is 0 Å². The van der Waals surface area contributed by atoms with Crippen LogP contribution in [0.15, 0.2) is 33.2 Å². The summed E-state index contributed by atoms with van der Waals surface area (Å²) in [6.07, 6.45) is -0.400. The number of hydrogen-bond donors (Lipinski definition) is 1. The van der Waals surface area contributed by atoms with Crippen LogP contribution in [0.25, 0.3) is 0 Å². The van der Waals surface area contributed by atoms with Gasteiger partial charge < -0.3 is 14.9 Å². The minimum Gasteiger partial charge on any atom is -0.480 e. The van der Waals surface area contributed by atoms with Gasteiger partial charge in [0.1, 0.15) is 17.3 Å². The molecule has 1 aromatic carbocycles. The van der Waals surface area contributed by atoms with E-state index < -0.39 is 6.10 Å². The number of ether oxygens (including phenoxy) is 1. The molecule has 3 nitrogen and oxygen atoms in total. The fourth-order valence-electron chi connectivity index (χ4n) is 1.60. The Morgan fingerprint density at radius 3 is 2.63 bits per heavy atom. The molecule has 2 N–H and O–H groups in total. The van der Waals surface area contributed by atoms with Crippen LogP contribution in [0.4, 0.5) is 0 Å². The van der Waals surface area contributed by atoms with Gasteiger partial charge in [0.25, 0.3) is 0 Å². The van der Waals surface area contributed by atoms with Crippen molar-refractivity contribution >= 4 is 39.1 Å². The normalized spacial score (nSPS) is 12.5. The van der Waals surface area contributed by atoms with Crippen molar-refractivity contribution in [2.24, 2.45) is 5.73 Å². The van der Waals surface area contributed by atoms with Gasteiger partial charge in [-0.2, -0.15) is 0 Å². The van der Waals surface area contributed by atoms with Gasteiger partial charge >= 0.3 is 0 Å². The first kappa shape index (κ1) is 14.7. The topological polar surface area (TPSA) is 48.4 Å². The molecule has 102 valence electrons. The number of benzene rings is 1. The Bertz CT molecular complexity index is 586. The van der Waals surface area contributed by atoms with Crippen LogP contribution in [0.1, 0.15) is 17.6 Å². The average Bonchev–Trinajstić information content (AvgIpc) is 2.78. The molecule has 0 aliphatic rings. The van der Waals surface area contributed by atoms with E-state index in [9.17, 15) is 0 Å². The van der Waals surface area contributed by atoms with Crippen molar-refractivity contribution in [3.63, 3.8) is 0 Å². The molecule has 0 spiro atoms. The fraction of sp³-hybridized carbons (Fsp3) is 0.231. The molecule has 0 fully saturated rings. The zero-order chi connectivity index (χ0) is 14.0. The first-order chi connectivity index (χ1) is 9.01. The number of nitrogens with two attached hydrogens (primary N) is 1. The van der Waals surface area contributed by atoms with Gasteiger partial charge in [0.05, 0.1) is 10.0 Å². The Morgan fingerprint density at radius 2 is 2.05 bits per heavy atom. The summed E-state index contributed by atoms with van der Waals surface area (Å²) in [5, 5.41) is 0.976. The molecule has 6 heteroatoms. The van der Waals surface area contributed by atoms with Gasteiger partial charge in [-0.25, -0.2) is 0 Å². The van der Waals surface area contributed by atoms with Crippen LogP contribution >= 0.6 is 39.1 Å². The van der Waals surface area contributed by atoms with Crippen LogP contribution in [-0.4, -0.2) is 6.54 Å². The number of aryl methyl sites for hydroxylation is 1. The van der Waals surface area contributed by atoms with Crippen molar-refractivity contribution in [2.75, 3.05) is 6.54 Å². The SMILES string of the molecule is Cc1ccc(C(CN)Oc2cc(Cl)c(Br)cc2Cl)o1. The molecule has 0 aliphatic carbocycles. The van der Waals surface area contributed by atoms with Crippen molar-refractivity contribution in [3.05, 3.63) is 50.3 Å². The predicted octanol–water partition coefficient (Wildman–Crippen LogP) is 4.74. The molecule has 1 unspecified atom stereocenters. The van der Waals surface area contributed by atoms with Gasteiger partial charge in [0.15, 0.2) is 6.10 Å². The second kappa shape index (κ2) is 6.18. The van der Waals surface area contributed by atoms with Gasteiger partial charge in [-0.05, 0) is 41.1 Å². The third kappa shape index (κ3) is 3.45. The number of halogens is 3. The van der Waals surface area contributed by atoms with Crippen molar-refractivity contribution in [3.8, 4) is 5.75 Å². The Balaban J connectivity index is 2.26. The van der Waals surface area contributed by atoms with Crippen molar-refractivity contribution in [2.45, 2.75) is 13.0 Å². The smallest absolute Gasteiger partial charge is 0.168 e. The molecular formula is C13H12BrCl2NO2. The van der Waals surface area contributed by atoms with Crippen LogP contribution in [0.2, 0.25) is 10.0 Å². The van der Waals surface area contributed by atoms with E-state index in [4.69, 9.17) is 38.1 Å². The van der Waals surface area contributed by atoms with E-state index in [0.717, 1.165) is 5.76 Å². The lowest BCUT2D eigenvalue weighted by molar-refractivity contribution is 0.182. The molecule has 0 saturated carbocycles. The van der Waals surface area contributed by atoms with Crippen LogP contribution in [0, 0.1) is 6.92 Å². The summed E-state index contributed by atoms with van der Waals surface area (Å²) >= 11 is 15.4. The minimum absolute atomic E-state index is 0.275. The first-order valence-corrected chi connectivity index (χ1v) is 7.13. The molecule has 0 bridgehead atoms. The molecule has 0 amide bonds. The summed E-state index contributed by atoms with van der Waals surface area (Å²) in [6.45, 7) is 2.14. The zero-order valence-corrected chi connectivity index (χ0v) is 13.2. The molecular weight excluding hydrogens is 353 g/mol. The summed E-state index contributed by atoms with van der Waals surface area (Å²) in [7, 11) is 0. The second-order valence-electron chi connectivity index (χ2n) is 3.99. The molecule has 19 heavy (non-hydrogen) atoms. The van der Waals surface area contributed by atoms with E-state index in [1.54, 1.807) is 12.1 Å². The lowest BCUT2D eigenvalue weighted by Gasteiger charge is -2.16. The summed E-state index contributed by atoms with van der Waals surface area (Å²) in [5.41, 5.74) is 5.71. The summed E-state index contributed by atoms with van der Waals surface area (Å²) < 4.78 is 12.0. The molecule has 1 heterocycles. The van der Waals surface area contributed by atoms with Gasteiger partial charge in [0, 0.05) is 17.1 Å². The van der Waals surface area contributed by atoms with Gasteiger partial charge in [0.2, 0.25) is 0 Å². The standard InChI is InChI=1S/C13H12BrCl2NO2/c1-7-2-3-11(18-7)13(6-17)19-12-5-9(15)8(14)4-10(12)16/h2-5,13H,6,17H2,1H3. The van der Waals surface area contributed by atoms with Crippen LogP contribution < -0.4 is 10.5 Å². The molecule has 0 radical (unpaired) electrons. The van der Waals surface area contributed by atoms with E-state index >= 15 is 0 Å². The average molecular weight is 365 g/mol. The van der Waals surface area contributed by atoms with Crippen molar-refractivity contribution in [1.82, 2.24) is 0 Å². The molecule has 2 rings (SSSR count). The highest BCUT2D eigenvalue weighted by Gasteiger charge is 2.17. The van der Waals surface area contributed by atoms with Crippen molar-refractivity contribution in [1.29, 1.82) is 0 Å². The zero-order valence-electron chi connectivity index (χ0n) is 10.1. The molecule has 1 atom stereocenters. The summed E-state index contributed by atoms with van der Waals surface area (Å²) in [4.78, 5) is 0. The first-order valence-electron chi connectivity index (χ1n) is 5.59. The number of furan rings is 1. The lowest BCUT2D eigenvalue weighted by atomic mass is 10.2. The van der Waals surface area contributed by atoms with Gasteiger partial charge in [-0.1, -0.05) is 23.2 Å². The highest BCUT2D eigenvalue weighted by molar-refractivity contribution is 9.10. The summed E-state index contributed by atoms with van der Waals surface area (Å²) in [5.74, 6) is 1.94. The Morgan fingerprint density at radius 1 is 1.32 bits per heavy atom. The second-order valence-corrected chi connectivity index (χ2v) is 5.66. The number of hydrogen-bond acceptors (Lipinski definition) is 3. The summed E-state index contributed by atoms with van der Waals surface area (Å²) in [6, 6.07) is 7.02. The monoisotopic (exact) mass is 363 g/mol.